The number of sulfone groups is 1. The van der Waals surface area contributed by atoms with Crippen molar-refractivity contribution >= 4 is 37.3 Å². The van der Waals surface area contributed by atoms with E-state index < -0.39 is 9.84 Å². The van der Waals surface area contributed by atoms with Gasteiger partial charge in [0.1, 0.15) is 16.2 Å². The number of nitrogens with one attached hydrogen (secondary N) is 1. The maximum Gasteiger partial charge on any atom is 0.175 e. The molecule has 19 heavy (non-hydrogen) atoms. The molecule has 0 radical (unpaired) electrons. The number of aromatic nitrogens is 2. The summed E-state index contributed by atoms with van der Waals surface area (Å²) in [4.78, 5) is 8.63. The lowest BCUT2D eigenvalue weighted by Gasteiger charge is -2.07. The number of anilines is 2. The molecule has 0 unspecified atom stereocenters. The van der Waals surface area contributed by atoms with Crippen LogP contribution < -0.4 is 5.32 Å². The van der Waals surface area contributed by atoms with Crippen molar-refractivity contribution in [2.24, 2.45) is 0 Å². The molecule has 0 atom stereocenters. The Balaban J connectivity index is 2.24. The van der Waals surface area contributed by atoms with E-state index in [4.69, 9.17) is 0 Å². The van der Waals surface area contributed by atoms with Crippen molar-refractivity contribution in [3.8, 4) is 0 Å². The van der Waals surface area contributed by atoms with Gasteiger partial charge in [0.25, 0.3) is 0 Å². The van der Waals surface area contributed by atoms with Crippen LogP contribution in [0.4, 0.5) is 11.5 Å². The van der Waals surface area contributed by atoms with Crippen molar-refractivity contribution in [1.82, 2.24) is 9.97 Å². The first-order valence-electron chi connectivity index (χ1n) is 5.43. The highest BCUT2D eigenvalue weighted by Crippen LogP contribution is 2.19. The van der Waals surface area contributed by atoms with E-state index in [1.54, 1.807) is 37.3 Å². The monoisotopic (exact) mass is 341 g/mol. The third-order valence-electron chi connectivity index (χ3n) is 2.36. The standard InChI is InChI=1S/C12H12BrN3O2S/c1-8-14-11(13)7-12(15-8)16-9-3-5-10(6-4-9)19(2,17)18/h3-7H,1-2H3,(H,14,15,16). The van der Waals surface area contributed by atoms with Crippen LogP contribution in [-0.2, 0) is 9.84 Å². The molecule has 0 bridgehead atoms. The predicted octanol–water partition coefficient (Wildman–Crippen LogP) is 2.69. The molecule has 1 N–H and O–H groups in total. The van der Waals surface area contributed by atoms with E-state index in [-0.39, 0.29) is 4.90 Å². The van der Waals surface area contributed by atoms with Gasteiger partial charge in [-0.25, -0.2) is 18.4 Å². The van der Waals surface area contributed by atoms with Crippen molar-refractivity contribution in [3.63, 3.8) is 0 Å². The maximum absolute atomic E-state index is 11.3. The highest BCUT2D eigenvalue weighted by molar-refractivity contribution is 9.10. The molecule has 0 fully saturated rings. The number of hydrogen-bond donors (Lipinski definition) is 1. The van der Waals surface area contributed by atoms with E-state index in [1.165, 1.54) is 6.26 Å². The van der Waals surface area contributed by atoms with Crippen LogP contribution in [-0.4, -0.2) is 24.6 Å². The van der Waals surface area contributed by atoms with Crippen LogP contribution in [0.3, 0.4) is 0 Å². The van der Waals surface area contributed by atoms with Crippen molar-refractivity contribution in [2.75, 3.05) is 11.6 Å². The van der Waals surface area contributed by atoms with Gasteiger partial charge in [0, 0.05) is 18.0 Å². The third kappa shape index (κ3) is 3.74. The fourth-order valence-electron chi connectivity index (χ4n) is 1.53. The summed E-state index contributed by atoms with van der Waals surface area (Å²) in [5, 5.41) is 3.09. The minimum Gasteiger partial charge on any atom is -0.340 e. The van der Waals surface area contributed by atoms with Crippen LogP contribution in [0.1, 0.15) is 5.82 Å². The summed E-state index contributed by atoms with van der Waals surface area (Å²) in [7, 11) is -3.17. The zero-order chi connectivity index (χ0) is 14.0. The molecule has 100 valence electrons. The van der Waals surface area contributed by atoms with Crippen molar-refractivity contribution in [2.45, 2.75) is 11.8 Å². The molecule has 0 amide bonds. The lowest BCUT2D eigenvalue weighted by Crippen LogP contribution is -1.99. The Bertz CT molecular complexity index is 679. The molecule has 0 saturated heterocycles. The Hall–Kier alpha value is -1.47. The second-order valence-electron chi connectivity index (χ2n) is 4.04. The molecule has 1 aromatic heterocycles. The maximum atomic E-state index is 11.3. The molecule has 0 aliphatic rings. The van der Waals surface area contributed by atoms with Gasteiger partial charge < -0.3 is 5.32 Å². The quantitative estimate of drug-likeness (QED) is 0.869. The van der Waals surface area contributed by atoms with Crippen molar-refractivity contribution in [1.29, 1.82) is 0 Å². The van der Waals surface area contributed by atoms with E-state index in [9.17, 15) is 8.42 Å². The largest absolute Gasteiger partial charge is 0.340 e. The van der Waals surface area contributed by atoms with E-state index in [1.807, 2.05) is 0 Å². The van der Waals surface area contributed by atoms with Gasteiger partial charge in [0.15, 0.2) is 9.84 Å². The number of nitrogens with zero attached hydrogens (tertiary/aromatic N) is 2. The summed E-state index contributed by atoms with van der Waals surface area (Å²) < 4.78 is 23.4. The first-order valence-corrected chi connectivity index (χ1v) is 8.11. The zero-order valence-corrected chi connectivity index (χ0v) is 12.8. The van der Waals surface area contributed by atoms with E-state index in [0.29, 0.717) is 16.2 Å². The average molecular weight is 342 g/mol. The summed E-state index contributed by atoms with van der Waals surface area (Å²) >= 11 is 3.29. The van der Waals surface area contributed by atoms with E-state index in [0.717, 1.165) is 5.69 Å². The lowest BCUT2D eigenvalue weighted by molar-refractivity contribution is 0.602. The lowest BCUT2D eigenvalue weighted by atomic mass is 10.3. The molecule has 0 saturated carbocycles. The molecule has 1 aromatic carbocycles. The predicted molar refractivity (Wildman–Crippen MR) is 77.3 cm³/mol. The van der Waals surface area contributed by atoms with Crippen molar-refractivity contribution < 1.29 is 8.42 Å². The van der Waals surface area contributed by atoms with Crippen molar-refractivity contribution in [3.05, 3.63) is 40.8 Å². The van der Waals surface area contributed by atoms with Gasteiger partial charge >= 0.3 is 0 Å². The molecule has 2 rings (SSSR count). The topological polar surface area (TPSA) is 72.0 Å². The number of aryl methyl sites for hydroxylation is 1. The third-order valence-corrected chi connectivity index (χ3v) is 3.90. The smallest absolute Gasteiger partial charge is 0.175 e. The van der Waals surface area contributed by atoms with Crippen LogP contribution in [0.15, 0.2) is 39.8 Å². The Morgan fingerprint density at radius 3 is 2.32 bits per heavy atom. The van der Waals surface area contributed by atoms with Gasteiger partial charge in [-0.3, -0.25) is 0 Å². The molecule has 0 aliphatic carbocycles. The second-order valence-corrected chi connectivity index (χ2v) is 6.87. The Morgan fingerprint density at radius 1 is 1.16 bits per heavy atom. The molecule has 7 heteroatoms. The summed E-state index contributed by atoms with van der Waals surface area (Å²) in [6, 6.07) is 8.25. The van der Waals surface area contributed by atoms with E-state index in [2.05, 4.69) is 31.2 Å². The van der Waals surface area contributed by atoms with Crippen LogP contribution in [0.5, 0.6) is 0 Å². The van der Waals surface area contributed by atoms with Gasteiger partial charge in [-0.1, -0.05) is 0 Å². The fourth-order valence-corrected chi connectivity index (χ4v) is 2.63. The second kappa shape index (κ2) is 5.26. The normalized spacial score (nSPS) is 11.3. The first-order chi connectivity index (χ1) is 8.84. The minimum absolute atomic E-state index is 0.290. The average Bonchev–Trinajstić information content (AvgIpc) is 2.26. The van der Waals surface area contributed by atoms with E-state index >= 15 is 0 Å². The number of rotatable bonds is 3. The molecular formula is C12H12BrN3O2S. The van der Waals surface area contributed by atoms with Gasteiger partial charge in [-0.05, 0) is 47.1 Å². The summed E-state index contributed by atoms with van der Waals surface area (Å²) in [6.45, 7) is 1.79. The summed E-state index contributed by atoms with van der Waals surface area (Å²) in [5.74, 6) is 1.29. The Labute approximate surface area is 120 Å². The minimum atomic E-state index is -3.17. The summed E-state index contributed by atoms with van der Waals surface area (Å²) in [6.07, 6.45) is 1.18. The number of halogens is 1. The zero-order valence-electron chi connectivity index (χ0n) is 10.4. The molecule has 5 nitrogen and oxygen atoms in total. The first kappa shape index (κ1) is 14.0. The Morgan fingerprint density at radius 2 is 1.79 bits per heavy atom. The molecule has 1 heterocycles. The van der Waals surface area contributed by atoms with Gasteiger partial charge in [0.2, 0.25) is 0 Å². The van der Waals surface area contributed by atoms with Gasteiger partial charge in [-0.15, -0.1) is 0 Å². The Kier molecular flexibility index (Phi) is 3.86. The highest BCUT2D eigenvalue weighted by Gasteiger charge is 2.06. The number of hydrogen-bond acceptors (Lipinski definition) is 5. The van der Waals surface area contributed by atoms with Crippen LogP contribution in [0, 0.1) is 6.92 Å². The molecular weight excluding hydrogens is 330 g/mol. The molecule has 2 aromatic rings. The van der Waals surface area contributed by atoms with Gasteiger partial charge in [0.05, 0.1) is 4.90 Å². The fraction of sp³-hybridized carbons (Fsp3) is 0.167. The number of benzene rings is 1. The highest BCUT2D eigenvalue weighted by atomic mass is 79.9. The van der Waals surface area contributed by atoms with Gasteiger partial charge in [-0.2, -0.15) is 0 Å². The molecule has 0 spiro atoms. The molecule has 0 aliphatic heterocycles. The SMILES string of the molecule is Cc1nc(Br)cc(Nc2ccc(S(C)(=O)=O)cc2)n1. The van der Waals surface area contributed by atoms with Crippen LogP contribution in [0.25, 0.3) is 0 Å². The van der Waals surface area contributed by atoms with Crippen LogP contribution >= 0.6 is 15.9 Å². The summed E-state index contributed by atoms with van der Waals surface area (Å²) in [5.41, 5.74) is 0.761. The van der Waals surface area contributed by atoms with Crippen LogP contribution in [0.2, 0.25) is 0 Å².